The molecule has 1 aliphatic heterocycles. The maximum absolute atomic E-state index is 13.6. The highest BCUT2D eigenvalue weighted by Crippen LogP contribution is 2.24. The van der Waals surface area contributed by atoms with Crippen LogP contribution >= 0.6 is 11.6 Å². The monoisotopic (exact) mass is 399 g/mol. The predicted octanol–water partition coefficient (Wildman–Crippen LogP) is 2.07. The van der Waals surface area contributed by atoms with Gasteiger partial charge in [0, 0.05) is 5.02 Å². The number of carbonyl (C=O) groups is 4. The summed E-state index contributed by atoms with van der Waals surface area (Å²) in [5.41, 5.74) is -1.15. The van der Waals surface area contributed by atoms with Crippen LogP contribution in [0.1, 0.15) is 26.7 Å². The quantitative estimate of drug-likeness (QED) is 0.539. The summed E-state index contributed by atoms with van der Waals surface area (Å²) in [5, 5.41) is 4.97. The molecule has 1 saturated heterocycles. The highest BCUT2D eigenvalue weighted by atomic mass is 35.5. The van der Waals surface area contributed by atoms with E-state index >= 15 is 0 Å². The number of rotatable bonds is 7. The third-order valence-corrected chi connectivity index (χ3v) is 4.54. The number of carbonyl (C=O) groups excluding carboxylic acids is 4. The molecule has 0 saturated carbocycles. The molecular formula is C17H19ClFN3O5. The van der Waals surface area contributed by atoms with Crippen molar-refractivity contribution in [2.24, 2.45) is 0 Å². The highest BCUT2D eigenvalue weighted by Gasteiger charge is 2.49. The van der Waals surface area contributed by atoms with E-state index in [9.17, 15) is 23.6 Å². The molecule has 0 unspecified atom stereocenters. The minimum Gasteiger partial charge on any atom is -0.454 e. The summed E-state index contributed by atoms with van der Waals surface area (Å²) in [4.78, 5) is 48.7. The SMILES string of the molecule is CCC1(CC)NC(=O)N(CC(=O)OCC(=O)Nc2ccc(Cl)cc2F)C1=O. The molecule has 0 aliphatic carbocycles. The van der Waals surface area contributed by atoms with Crippen LogP contribution in [0.15, 0.2) is 18.2 Å². The minimum atomic E-state index is -1.03. The maximum atomic E-state index is 13.6. The molecule has 8 nitrogen and oxygen atoms in total. The van der Waals surface area contributed by atoms with Gasteiger partial charge in [0.25, 0.3) is 11.8 Å². The summed E-state index contributed by atoms with van der Waals surface area (Å²) in [5.74, 6) is -2.97. The Balaban J connectivity index is 1.88. The fourth-order valence-corrected chi connectivity index (χ4v) is 2.81. The molecule has 2 N–H and O–H groups in total. The lowest BCUT2D eigenvalue weighted by molar-refractivity contribution is -0.150. The van der Waals surface area contributed by atoms with Crippen LogP contribution < -0.4 is 10.6 Å². The molecule has 0 atom stereocenters. The van der Waals surface area contributed by atoms with Crippen LogP contribution in [0.2, 0.25) is 5.02 Å². The summed E-state index contributed by atoms with van der Waals surface area (Å²) in [7, 11) is 0. The number of urea groups is 1. The molecule has 1 heterocycles. The number of nitrogens with zero attached hydrogens (tertiary/aromatic N) is 1. The maximum Gasteiger partial charge on any atom is 0.326 e. The Morgan fingerprint density at radius 2 is 1.96 bits per heavy atom. The fourth-order valence-electron chi connectivity index (χ4n) is 2.65. The zero-order valence-electron chi connectivity index (χ0n) is 14.8. The Labute approximate surface area is 160 Å². The van der Waals surface area contributed by atoms with Gasteiger partial charge in [-0.3, -0.25) is 19.3 Å². The average Bonchev–Trinajstić information content (AvgIpc) is 2.87. The third kappa shape index (κ3) is 4.54. The van der Waals surface area contributed by atoms with Crippen molar-refractivity contribution in [3.05, 3.63) is 29.0 Å². The molecule has 1 aromatic carbocycles. The first-order chi connectivity index (χ1) is 12.7. The molecule has 0 radical (unpaired) electrons. The Morgan fingerprint density at radius 3 is 2.52 bits per heavy atom. The molecule has 0 bridgehead atoms. The van der Waals surface area contributed by atoms with Crippen LogP contribution in [0, 0.1) is 5.82 Å². The number of esters is 1. The second-order valence-corrected chi connectivity index (χ2v) is 6.38. The minimum absolute atomic E-state index is 0.120. The van der Waals surface area contributed by atoms with Crippen molar-refractivity contribution in [1.82, 2.24) is 10.2 Å². The molecule has 0 aromatic heterocycles. The van der Waals surface area contributed by atoms with E-state index in [4.69, 9.17) is 16.3 Å². The number of nitrogens with one attached hydrogen (secondary N) is 2. The van der Waals surface area contributed by atoms with E-state index in [-0.39, 0.29) is 10.7 Å². The first-order valence-electron chi connectivity index (χ1n) is 8.27. The summed E-state index contributed by atoms with van der Waals surface area (Å²) in [6.45, 7) is 2.19. The molecule has 1 aliphatic rings. The molecule has 2 rings (SSSR count). The second kappa shape index (κ2) is 8.34. The van der Waals surface area contributed by atoms with Crippen molar-refractivity contribution < 1.29 is 28.3 Å². The Morgan fingerprint density at radius 1 is 1.30 bits per heavy atom. The van der Waals surface area contributed by atoms with Crippen LogP contribution in [-0.2, 0) is 19.1 Å². The lowest BCUT2D eigenvalue weighted by Crippen LogP contribution is -2.46. The van der Waals surface area contributed by atoms with Crippen LogP contribution in [-0.4, -0.2) is 47.4 Å². The number of anilines is 1. The third-order valence-electron chi connectivity index (χ3n) is 4.31. The summed E-state index contributed by atoms with van der Waals surface area (Å²) < 4.78 is 18.4. The van der Waals surface area contributed by atoms with Crippen LogP contribution in [0.5, 0.6) is 0 Å². The summed E-state index contributed by atoms with van der Waals surface area (Å²) in [6.07, 6.45) is 0.767. The molecule has 1 aromatic rings. The van der Waals surface area contributed by atoms with Crippen molar-refractivity contribution in [3.63, 3.8) is 0 Å². The van der Waals surface area contributed by atoms with Gasteiger partial charge in [-0.25, -0.2) is 9.18 Å². The Kier molecular flexibility index (Phi) is 6.37. The van der Waals surface area contributed by atoms with Crippen LogP contribution in [0.25, 0.3) is 0 Å². The largest absolute Gasteiger partial charge is 0.454 e. The smallest absolute Gasteiger partial charge is 0.326 e. The normalized spacial score (nSPS) is 15.5. The van der Waals surface area contributed by atoms with Gasteiger partial charge in [-0.1, -0.05) is 25.4 Å². The molecular weight excluding hydrogens is 381 g/mol. The standard InChI is InChI=1S/C17H19ClFN3O5/c1-3-17(4-2)15(25)22(16(26)21-17)8-14(24)27-9-13(23)20-12-6-5-10(18)7-11(12)19/h5-7H,3-4,8-9H2,1-2H3,(H,20,23)(H,21,26). The van der Waals surface area contributed by atoms with Crippen molar-refractivity contribution in [1.29, 1.82) is 0 Å². The van der Waals surface area contributed by atoms with Gasteiger partial charge in [0.2, 0.25) is 0 Å². The Hall–Kier alpha value is -2.68. The van der Waals surface area contributed by atoms with Gasteiger partial charge in [0.15, 0.2) is 6.61 Å². The lowest BCUT2D eigenvalue weighted by atomic mass is 9.93. The van der Waals surface area contributed by atoms with E-state index in [1.807, 2.05) is 0 Å². The summed E-state index contributed by atoms with van der Waals surface area (Å²) in [6, 6.07) is 2.99. The molecule has 1 fully saturated rings. The molecule has 146 valence electrons. The van der Waals surface area contributed by atoms with Crippen LogP contribution in [0.4, 0.5) is 14.9 Å². The number of hydrogen-bond donors (Lipinski definition) is 2. The predicted molar refractivity (Wildman–Crippen MR) is 94.6 cm³/mol. The van der Waals surface area contributed by atoms with E-state index in [0.29, 0.717) is 12.8 Å². The zero-order valence-corrected chi connectivity index (χ0v) is 15.6. The van der Waals surface area contributed by atoms with Gasteiger partial charge in [-0.05, 0) is 31.0 Å². The molecule has 10 heteroatoms. The second-order valence-electron chi connectivity index (χ2n) is 5.94. The molecule has 0 spiro atoms. The number of halogens is 2. The van der Waals surface area contributed by atoms with E-state index in [1.165, 1.54) is 12.1 Å². The van der Waals surface area contributed by atoms with Crippen molar-refractivity contribution >= 4 is 41.1 Å². The number of benzene rings is 1. The summed E-state index contributed by atoms with van der Waals surface area (Å²) >= 11 is 5.61. The van der Waals surface area contributed by atoms with E-state index in [2.05, 4.69) is 10.6 Å². The Bertz CT molecular complexity index is 782. The van der Waals surface area contributed by atoms with Crippen molar-refractivity contribution in [3.8, 4) is 0 Å². The van der Waals surface area contributed by atoms with E-state index in [0.717, 1.165) is 11.0 Å². The van der Waals surface area contributed by atoms with Gasteiger partial charge in [-0.15, -0.1) is 0 Å². The number of ether oxygens (including phenoxy) is 1. The molecule has 27 heavy (non-hydrogen) atoms. The zero-order chi connectivity index (χ0) is 20.2. The number of imide groups is 1. The first kappa shape index (κ1) is 20.6. The lowest BCUT2D eigenvalue weighted by Gasteiger charge is -2.22. The van der Waals surface area contributed by atoms with Gasteiger partial charge in [0.1, 0.15) is 17.9 Å². The van der Waals surface area contributed by atoms with Gasteiger partial charge < -0.3 is 15.4 Å². The number of amides is 4. The van der Waals surface area contributed by atoms with Gasteiger partial charge in [0.05, 0.1) is 5.69 Å². The van der Waals surface area contributed by atoms with Gasteiger partial charge in [-0.2, -0.15) is 0 Å². The van der Waals surface area contributed by atoms with Crippen molar-refractivity contribution in [2.45, 2.75) is 32.2 Å². The highest BCUT2D eigenvalue weighted by molar-refractivity contribution is 6.30. The van der Waals surface area contributed by atoms with Crippen LogP contribution in [0.3, 0.4) is 0 Å². The average molecular weight is 400 g/mol. The van der Waals surface area contributed by atoms with E-state index < -0.39 is 48.3 Å². The first-order valence-corrected chi connectivity index (χ1v) is 8.65. The molecule has 4 amide bonds. The fraction of sp³-hybridized carbons (Fsp3) is 0.412. The van der Waals surface area contributed by atoms with Gasteiger partial charge >= 0.3 is 12.0 Å². The topological polar surface area (TPSA) is 105 Å². The van der Waals surface area contributed by atoms with E-state index in [1.54, 1.807) is 13.8 Å². The number of hydrogen-bond acceptors (Lipinski definition) is 5. The van der Waals surface area contributed by atoms with Crippen molar-refractivity contribution in [2.75, 3.05) is 18.5 Å².